The van der Waals surface area contributed by atoms with E-state index in [2.05, 4.69) is 5.32 Å². The molecule has 11 heteroatoms. The van der Waals surface area contributed by atoms with E-state index in [-0.39, 0.29) is 34.8 Å². The van der Waals surface area contributed by atoms with Gasteiger partial charge in [0.2, 0.25) is 11.8 Å². The summed E-state index contributed by atoms with van der Waals surface area (Å²) in [4.78, 5) is 47.7. The molecule has 0 aliphatic carbocycles. The molecule has 0 bridgehead atoms. The van der Waals surface area contributed by atoms with E-state index in [1.807, 2.05) is 4.72 Å². The fourth-order valence-electron chi connectivity index (χ4n) is 3.73. The number of benzene rings is 2. The van der Waals surface area contributed by atoms with Crippen LogP contribution in [0.15, 0.2) is 50.5 Å². The van der Waals surface area contributed by atoms with Crippen molar-refractivity contribution in [2.24, 2.45) is 0 Å². The Morgan fingerprint density at radius 2 is 1.69 bits per heavy atom. The zero-order valence-electron chi connectivity index (χ0n) is 20.3. The van der Waals surface area contributed by atoms with Gasteiger partial charge in [-0.1, -0.05) is 12.1 Å². The average molecular weight is 515 g/mol. The van der Waals surface area contributed by atoms with Gasteiger partial charge in [-0.05, 0) is 61.2 Å². The van der Waals surface area contributed by atoms with E-state index in [1.54, 1.807) is 38.1 Å². The number of rotatable bonds is 8. The molecule has 0 aliphatic heterocycles. The first kappa shape index (κ1) is 26.6. The SMILES string of the molecule is CC(=O)NS(=O)(=O)c1ccc(CCNC(=O)Cc2c(C)c3c(OC(C)=O)cc(C)cc3oc2=O)cc1. The van der Waals surface area contributed by atoms with Gasteiger partial charge in [-0.15, -0.1) is 0 Å². The summed E-state index contributed by atoms with van der Waals surface area (Å²) < 4.78 is 36.6. The minimum Gasteiger partial charge on any atom is -0.426 e. The summed E-state index contributed by atoms with van der Waals surface area (Å²) in [7, 11) is -3.92. The molecule has 0 unspecified atom stereocenters. The third-order valence-corrected chi connectivity index (χ3v) is 6.77. The number of aryl methyl sites for hydroxylation is 2. The second-order valence-corrected chi connectivity index (χ2v) is 9.99. The maximum Gasteiger partial charge on any atom is 0.340 e. The lowest BCUT2D eigenvalue weighted by molar-refractivity contribution is -0.131. The van der Waals surface area contributed by atoms with E-state index in [0.29, 0.717) is 17.4 Å². The van der Waals surface area contributed by atoms with Crippen molar-refractivity contribution >= 4 is 38.8 Å². The van der Waals surface area contributed by atoms with E-state index < -0.39 is 33.4 Å². The number of carbonyl (C=O) groups is 3. The van der Waals surface area contributed by atoms with E-state index in [9.17, 15) is 27.6 Å². The first-order valence-corrected chi connectivity index (χ1v) is 12.5. The van der Waals surface area contributed by atoms with Crippen LogP contribution in [0.25, 0.3) is 11.0 Å². The monoisotopic (exact) mass is 514 g/mol. The second-order valence-electron chi connectivity index (χ2n) is 8.31. The summed E-state index contributed by atoms with van der Waals surface area (Å²) in [6.45, 7) is 6.07. The highest BCUT2D eigenvalue weighted by Gasteiger charge is 2.19. The van der Waals surface area contributed by atoms with Gasteiger partial charge in [0.05, 0.1) is 22.3 Å². The van der Waals surface area contributed by atoms with Crippen LogP contribution in [0, 0.1) is 13.8 Å². The smallest absolute Gasteiger partial charge is 0.340 e. The molecule has 0 aliphatic rings. The highest BCUT2D eigenvalue weighted by atomic mass is 32.2. The number of fused-ring (bicyclic) bond motifs is 1. The second kappa shape index (κ2) is 10.7. The van der Waals surface area contributed by atoms with Crippen LogP contribution < -0.4 is 20.4 Å². The number of carbonyl (C=O) groups excluding carboxylic acids is 3. The maximum absolute atomic E-state index is 12.6. The Kier molecular flexibility index (Phi) is 7.93. The number of hydrogen-bond donors (Lipinski definition) is 2. The van der Waals surface area contributed by atoms with Crippen molar-refractivity contribution < 1.29 is 32.0 Å². The maximum atomic E-state index is 12.6. The summed E-state index contributed by atoms with van der Waals surface area (Å²) in [6.07, 6.45) is 0.179. The van der Waals surface area contributed by atoms with Crippen molar-refractivity contribution in [2.75, 3.05) is 6.54 Å². The number of nitrogens with one attached hydrogen (secondary N) is 2. The molecule has 3 rings (SSSR count). The lowest BCUT2D eigenvalue weighted by Gasteiger charge is -2.12. The Balaban J connectivity index is 1.70. The van der Waals surface area contributed by atoms with Crippen LogP contribution in [0.3, 0.4) is 0 Å². The van der Waals surface area contributed by atoms with Crippen LogP contribution >= 0.6 is 0 Å². The Morgan fingerprint density at radius 3 is 2.31 bits per heavy atom. The molecule has 36 heavy (non-hydrogen) atoms. The fraction of sp³-hybridized carbons (Fsp3) is 0.280. The molecule has 0 saturated heterocycles. The van der Waals surface area contributed by atoms with E-state index in [0.717, 1.165) is 18.1 Å². The van der Waals surface area contributed by atoms with Crippen LogP contribution in [-0.4, -0.2) is 32.7 Å². The fourth-order valence-corrected chi connectivity index (χ4v) is 4.72. The van der Waals surface area contributed by atoms with Crippen molar-refractivity contribution in [1.82, 2.24) is 10.0 Å². The van der Waals surface area contributed by atoms with Crippen LogP contribution in [0.2, 0.25) is 0 Å². The molecule has 10 nitrogen and oxygen atoms in total. The number of hydrogen-bond acceptors (Lipinski definition) is 8. The third kappa shape index (κ3) is 6.36. The molecule has 190 valence electrons. The van der Waals surface area contributed by atoms with Gasteiger partial charge in [0.1, 0.15) is 11.3 Å². The molecule has 2 aromatic carbocycles. The number of sulfonamides is 1. The largest absolute Gasteiger partial charge is 0.426 e. The molecule has 0 fully saturated rings. The first-order valence-electron chi connectivity index (χ1n) is 11.0. The van der Waals surface area contributed by atoms with Crippen molar-refractivity contribution in [3.8, 4) is 5.75 Å². The van der Waals surface area contributed by atoms with Gasteiger partial charge in [0.25, 0.3) is 10.0 Å². The van der Waals surface area contributed by atoms with Gasteiger partial charge in [-0.25, -0.2) is 17.9 Å². The molecule has 2 amide bonds. The van der Waals surface area contributed by atoms with E-state index >= 15 is 0 Å². The zero-order valence-corrected chi connectivity index (χ0v) is 21.1. The van der Waals surface area contributed by atoms with Gasteiger partial charge < -0.3 is 14.5 Å². The predicted molar refractivity (Wildman–Crippen MR) is 131 cm³/mol. The summed E-state index contributed by atoms with van der Waals surface area (Å²) >= 11 is 0. The minimum absolute atomic E-state index is 0.0488. The molecule has 0 radical (unpaired) electrons. The Bertz CT molecular complexity index is 1510. The third-order valence-electron chi connectivity index (χ3n) is 5.33. The lowest BCUT2D eigenvalue weighted by atomic mass is 10.0. The quantitative estimate of drug-likeness (QED) is 0.264. The molecule has 0 spiro atoms. The summed E-state index contributed by atoms with van der Waals surface area (Å²) in [5.41, 5.74) is 1.77. The Labute approximate surface area is 207 Å². The van der Waals surface area contributed by atoms with Gasteiger partial charge >= 0.3 is 11.6 Å². The Hall–Kier alpha value is -3.99. The minimum atomic E-state index is -3.92. The van der Waals surface area contributed by atoms with Gasteiger partial charge in [-0.3, -0.25) is 14.4 Å². The van der Waals surface area contributed by atoms with Gasteiger partial charge in [-0.2, -0.15) is 0 Å². The van der Waals surface area contributed by atoms with Crippen molar-refractivity contribution in [3.63, 3.8) is 0 Å². The normalized spacial score (nSPS) is 11.2. The summed E-state index contributed by atoms with van der Waals surface area (Å²) in [5.74, 6) is -1.36. The molecule has 1 heterocycles. The molecule has 3 aromatic rings. The lowest BCUT2D eigenvalue weighted by Crippen LogP contribution is -2.29. The highest BCUT2D eigenvalue weighted by molar-refractivity contribution is 7.90. The van der Waals surface area contributed by atoms with Crippen molar-refractivity contribution in [1.29, 1.82) is 0 Å². The topological polar surface area (TPSA) is 149 Å². The highest BCUT2D eigenvalue weighted by Crippen LogP contribution is 2.31. The average Bonchev–Trinajstić information content (AvgIpc) is 2.75. The molecular weight excluding hydrogens is 488 g/mol. The molecular formula is C25H26N2O8S. The van der Waals surface area contributed by atoms with Crippen molar-refractivity contribution in [2.45, 2.75) is 45.4 Å². The van der Waals surface area contributed by atoms with Crippen molar-refractivity contribution in [3.05, 3.63) is 69.1 Å². The van der Waals surface area contributed by atoms with Crippen LogP contribution in [-0.2, 0) is 37.2 Å². The predicted octanol–water partition coefficient (Wildman–Crippen LogP) is 2.06. The Morgan fingerprint density at radius 1 is 1.03 bits per heavy atom. The van der Waals surface area contributed by atoms with E-state index in [4.69, 9.17) is 9.15 Å². The van der Waals surface area contributed by atoms with Crippen LogP contribution in [0.5, 0.6) is 5.75 Å². The van der Waals surface area contributed by atoms with Crippen LogP contribution in [0.1, 0.15) is 36.1 Å². The molecule has 0 saturated carbocycles. The summed E-state index contributed by atoms with van der Waals surface area (Å²) in [5, 5.41) is 3.18. The zero-order chi connectivity index (χ0) is 26.6. The molecule has 0 atom stereocenters. The molecule has 2 N–H and O–H groups in total. The van der Waals surface area contributed by atoms with Gasteiger partial charge in [0, 0.05) is 20.4 Å². The number of amides is 2. The first-order chi connectivity index (χ1) is 16.9. The number of ether oxygens (including phenoxy) is 1. The molecule has 1 aromatic heterocycles. The summed E-state index contributed by atoms with van der Waals surface area (Å²) in [6, 6.07) is 9.23. The van der Waals surface area contributed by atoms with Crippen LogP contribution in [0.4, 0.5) is 0 Å². The number of esters is 1. The van der Waals surface area contributed by atoms with Gasteiger partial charge in [0.15, 0.2) is 0 Å². The standard InChI is InChI=1S/C25H26N2O8S/c1-14-11-21(34-17(4)29)24-15(2)20(25(31)35-22(24)12-14)13-23(30)26-10-9-18-5-7-19(8-6-18)36(32,33)27-16(3)28/h5-8,11-12H,9-10,13H2,1-4H3,(H,26,30)(H,27,28). The van der Waals surface area contributed by atoms with E-state index in [1.165, 1.54) is 19.1 Å².